The van der Waals surface area contributed by atoms with E-state index in [9.17, 15) is 13.2 Å². The second-order valence-corrected chi connectivity index (χ2v) is 3.03. The minimum atomic E-state index is -4.42. The molecule has 66 valence electrons. The fourth-order valence-electron chi connectivity index (χ4n) is 1.54. The average Bonchev–Trinajstić information content (AvgIpc) is 2.34. The molecular formula is C7H11F3O. The Balaban J connectivity index is 2.46. The number of halogens is 3. The summed E-state index contributed by atoms with van der Waals surface area (Å²) < 4.78 is 35.6. The summed E-state index contributed by atoms with van der Waals surface area (Å²) in [4.78, 5) is 0. The van der Waals surface area contributed by atoms with Crippen LogP contribution in [0.15, 0.2) is 0 Å². The van der Waals surface area contributed by atoms with Gasteiger partial charge in [-0.1, -0.05) is 12.8 Å². The van der Waals surface area contributed by atoms with Gasteiger partial charge in [-0.05, 0) is 18.8 Å². The molecule has 1 nitrogen and oxygen atoms in total. The normalized spacial score (nSPS) is 24.0. The van der Waals surface area contributed by atoms with E-state index in [2.05, 4.69) is 0 Å². The molecule has 4 heteroatoms. The van der Waals surface area contributed by atoms with Gasteiger partial charge >= 0.3 is 6.18 Å². The highest BCUT2D eigenvalue weighted by Crippen LogP contribution is 2.35. The summed E-state index contributed by atoms with van der Waals surface area (Å²) in [5.41, 5.74) is 0. The summed E-state index contributed by atoms with van der Waals surface area (Å²) in [7, 11) is 0. The molecule has 0 aromatic heterocycles. The number of hydrogen-bond acceptors (Lipinski definition) is 1. The summed E-state index contributed by atoms with van der Waals surface area (Å²) >= 11 is 0. The van der Waals surface area contributed by atoms with Gasteiger partial charge in [-0.2, -0.15) is 13.2 Å². The summed E-state index contributed by atoms with van der Waals surface area (Å²) in [5, 5.41) is 8.76. The van der Waals surface area contributed by atoms with Crippen LogP contribution in [0.3, 0.4) is 0 Å². The predicted molar refractivity (Wildman–Crippen MR) is 34.0 cm³/mol. The zero-order chi connectivity index (χ0) is 8.48. The van der Waals surface area contributed by atoms with Crippen molar-refractivity contribution in [2.24, 2.45) is 5.92 Å². The first-order valence-corrected chi connectivity index (χ1v) is 3.76. The lowest BCUT2D eigenvalue weighted by atomic mass is 10.0. The molecule has 0 spiro atoms. The van der Waals surface area contributed by atoms with Crippen molar-refractivity contribution >= 4 is 0 Å². The van der Waals surface area contributed by atoms with Gasteiger partial charge in [0.25, 0.3) is 0 Å². The van der Waals surface area contributed by atoms with Gasteiger partial charge in [0.1, 0.15) is 0 Å². The molecule has 1 N–H and O–H groups in total. The van der Waals surface area contributed by atoms with Crippen molar-refractivity contribution in [1.29, 1.82) is 0 Å². The second kappa shape index (κ2) is 3.01. The van der Waals surface area contributed by atoms with Crippen LogP contribution in [0.25, 0.3) is 0 Å². The molecule has 0 unspecified atom stereocenters. The molecule has 1 atom stereocenters. The fraction of sp³-hybridized carbons (Fsp3) is 1.00. The van der Waals surface area contributed by atoms with Crippen LogP contribution in [-0.4, -0.2) is 17.4 Å². The number of hydrogen-bond donors (Lipinski definition) is 1. The highest BCUT2D eigenvalue weighted by Gasteiger charge is 2.43. The van der Waals surface area contributed by atoms with Crippen molar-refractivity contribution in [2.75, 3.05) is 0 Å². The summed E-state index contributed by atoms with van der Waals surface area (Å²) in [6.07, 6.45) is -3.85. The highest BCUT2D eigenvalue weighted by molar-refractivity contribution is 4.79. The molecule has 0 radical (unpaired) electrons. The maximum absolute atomic E-state index is 11.9. The third-order valence-electron chi connectivity index (χ3n) is 2.18. The molecule has 0 aromatic carbocycles. The summed E-state index contributed by atoms with van der Waals surface area (Å²) in [6, 6.07) is 0. The monoisotopic (exact) mass is 168 g/mol. The Morgan fingerprint density at radius 3 is 2.00 bits per heavy atom. The number of aliphatic hydroxyl groups is 1. The first-order chi connectivity index (χ1) is 5.02. The van der Waals surface area contributed by atoms with Crippen LogP contribution in [0.4, 0.5) is 13.2 Å². The quantitative estimate of drug-likeness (QED) is 0.635. The van der Waals surface area contributed by atoms with Gasteiger partial charge in [0.2, 0.25) is 0 Å². The summed E-state index contributed by atoms with van der Waals surface area (Å²) in [6.45, 7) is 0. The van der Waals surface area contributed by atoms with Crippen molar-refractivity contribution in [1.82, 2.24) is 0 Å². The Bertz CT molecular complexity index is 126. The highest BCUT2D eigenvalue weighted by atomic mass is 19.4. The van der Waals surface area contributed by atoms with Crippen LogP contribution >= 0.6 is 0 Å². The Morgan fingerprint density at radius 2 is 1.64 bits per heavy atom. The Labute approximate surface area is 63.2 Å². The molecule has 0 amide bonds. The van der Waals surface area contributed by atoms with Gasteiger partial charge in [0.05, 0.1) is 0 Å². The lowest BCUT2D eigenvalue weighted by molar-refractivity contribution is -0.218. The lowest BCUT2D eigenvalue weighted by Gasteiger charge is -2.19. The van der Waals surface area contributed by atoms with E-state index in [1.54, 1.807) is 0 Å². The minimum Gasteiger partial charge on any atom is -0.383 e. The molecule has 1 saturated carbocycles. The second-order valence-electron chi connectivity index (χ2n) is 3.03. The van der Waals surface area contributed by atoms with Gasteiger partial charge in [0, 0.05) is 0 Å². The van der Waals surface area contributed by atoms with Crippen LogP contribution in [0, 0.1) is 5.92 Å². The molecule has 1 aliphatic rings. The Hall–Kier alpha value is -0.250. The standard InChI is InChI=1S/C7H11F3O/c8-7(9,10)6(11)5-3-1-2-4-5/h5-6,11H,1-4H2/t6-/m0/s1. The van der Waals surface area contributed by atoms with E-state index in [0.29, 0.717) is 12.8 Å². The van der Waals surface area contributed by atoms with Crippen molar-refractivity contribution in [2.45, 2.75) is 38.0 Å². The van der Waals surface area contributed by atoms with E-state index in [1.165, 1.54) is 0 Å². The molecule has 0 heterocycles. The van der Waals surface area contributed by atoms with Crippen LogP contribution in [0.1, 0.15) is 25.7 Å². The summed E-state index contributed by atoms with van der Waals surface area (Å²) in [5.74, 6) is -0.546. The number of alkyl halides is 3. The van der Waals surface area contributed by atoms with Crippen LogP contribution < -0.4 is 0 Å². The molecule has 0 aliphatic heterocycles. The minimum absolute atomic E-state index is 0.515. The predicted octanol–water partition coefficient (Wildman–Crippen LogP) is 2.10. The first-order valence-electron chi connectivity index (χ1n) is 3.76. The van der Waals surface area contributed by atoms with E-state index >= 15 is 0 Å². The third-order valence-corrected chi connectivity index (χ3v) is 2.18. The van der Waals surface area contributed by atoms with Crippen molar-refractivity contribution in [3.05, 3.63) is 0 Å². The first kappa shape index (κ1) is 8.84. The maximum atomic E-state index is 11.9. The third kappa shape index (κ3) is 2.09. The van der Waals surface area contributed by atoms with Crippen LogP contribution in [0.2, 0.25) is 0 Å². The zero-order valence-corrected chi connectivity index (χ0v) is 6.06. The van der Waals surface area contributed by atoms with E-state index in [4.69, 9.17) is 5.11 Å². The van der Waals surface area contributed by atoms with Crippen LogP contribution in [-0.2, 0) is 0 Å². The molecule has 0 saturated heterocycles. The van der Waals surface area contributed by atoms with Crippen LogP contribution in [0.5, 0.6) is 0 Å². The van der Waals surface area contributed by atoms with Crippen molar-refractivity contribution in [3.8, 4) is 0 Å². The molecule has 1 fully saturated rings. The average molecular weight is 168 g/mol. The van der Waals surface area contributed by atoms with E-state index in [0.717, 1.165) is 12.8 Å². The fourth-order valence-corrected chi connectivity index (χ4v) is 1.54. The van der Waals surface area contributed by atoms with Gasteiger partial charge in [-0.15, -0.1) is 0 Å². The largest absolute Gasteiger partial charge is 0.414 e. The van der Waals surface area contributed by atoms with Gasteiger partial charge in [-0.3, -0.25) is 0 Å². The SMILES string of the molecule is O[C@@H](C1CCCC1)C(F)(F)F. The Kier molecular flexibility index (Phi) is 2.42. The molecule has 0 bridgehead atoms. The molecule has 0 aromatic rings. The van der Waals surface area contributed by atoms with E-state index in [-0.39, 0.29) is 0 Å². The van der Waals surface area contributed by atoms with E-state index < -0.39 is 18.2 Å². The number of rotatable bonds is 1. The zero-order valence-electron chi connectivity index (χ0n) is 6.06. The maximum Gasteiger partial charge on any atom is 0.414 e. The van der Waals surface area contributed by atoms with Gasteiger partial charge < -0.3 is 5.11 Å². The molecule has 1 rings (SSSR count). The molecular weight excluding hydrogens is 157 g/mol. The van der Waals surface area contributed by atoms with E-state index in [1.807, 2.05) is 0 Å². The van der Waals surface area contributed by atoms with Crippen molar-refractivity contribution in [3.63, 3.8) is 0 Å². The smallest absolute Gasteiger partial charge is 0.383 e. The van der Waals surface area contributed by atoms with Gasteiger partial charge in [-0.25, -0.2) is 0 Å². The van der Waals surface area contributed by atoms with Crippen molar-refractivity contribution < 1.29 is 18.3 Å². The molecule has 11 heavy (non-hydrogen) atoms. The lowest BCUT2D eigenvalue weighted by Crippen LogP contribution is -2.34. The Morgan fingerprint density at radius 1 is 1.18 bits per heavy atom. The number of aliphatic hydroxyl groups excluding tert-OH is 1. The topological polar surface area (TPSA) is 20.2 Å². The molecule has 1 aliphatic carbocycles. The van der Waals surface area contributed by atoms with Gasteiger partial charge in [0.15, 0.2) is 6.10 Å².